The molecule has 1 aliphatic rings. The first-order chi connectivity index (χ1) is 14.2. The maximum Gasteiger partial charge on any atom is 0.224 e. The van der Waals surface area contributed by atoms with Crippen molar-refractivity contribution in [3.05, 3.63) is 48.0 Å². The average Bonchev–Trinajstić information content (AvgIpc) is 3.18. The molecule has 0 bridgehead atoms. The average molecular weight is 412 g/mol. The molecule has 0 aliphatic carbocycles. The van der Waals surface area contributed by atoms with Gasteiger partial charge in [-0.3, -0.25) is 4.79 Å². The van der Waals surface area contributed by atoms with Crippen molar-refractivity contribution >= 4 is 32.6 Å². The standard InChI is InChI=1S/C22H25N3O3S/c1-27-17-9-10-19(28-2)15(12-17)13-21(26)23-16-6-5-11-25(14-16)22-24-18-7-3-4-8-20(18)29-22/h3-4,7-10,12,16H,5-6,11,13-14H2,1-2H3,(H,23,26)/t16-/m0/s1. The van der Waals surface area contributed by atoms with Crippen molar-refractivity contribution in [3.8, 4) is 11.5 Å². The smallest absolute Gasteiger partial charge is 0.224 e. The molecule has 1 fully saturated rings. The number of carbonyl (C=O) groups is 1. The first-order valence-corrected chi connectivity index (χ1v) is 10.6. The number of hydrogen-bond donors (Lipinski definition) is 1. The van der Waals surface area contributed by atoms with Gasteiger partial charge in [0.1, 0.15) is 11.5 Å². The second-order valence-corrected chi connectivity index (χ2v) is 8.18. The van der Waals surface area contributed by atoms with E-state index in [9.17, 15) is 4.79 Å². The SMILES string of the molecule is COc1ccc(OC)c(CC(=O)N[C@H]2CCCN(c3nc4ccccc4s3)C2)c1. The molecule has 2 heterocycles. The Morgan fingerprint density at radius 1 is 1.24 bits per heavy atom. The van der Waals surface area contributed by atoms with Gasteiger partial charge in [0, 0.05) is 24.7 Å². The van der Waals surface area contributed by atoms with Crippen LogP contribution in [0.3, 0.4) is 0 Å². The van der Waals surface area contributed by atoms with E-state index in [4.69, 9.17) is 14.5 Å². The molecule has 1 atom stereocenters. The predicted molar refractivity (Wildman–Crippen MR) is 116 cm³/mol. The van der Waals surface area contributed by atoms with E-state index in [0.29, 0.717) is 11.5 Å². The third kappa shape index (κ3) is 4.45. The van der Waals surface area contributed by atoms with E-state index < -0.39 is 0 Å². The fraction of sp³-hybridized carbons (Fsp3) is 0.364. The van der Waals surface area contributed by atoms with Gasteiger partial charge in [-0.05, 0) is 43.2 Å². The normalized spacial score (nSPS) is 16.6. The van der Waals surface area contributed by atoms with Gasteiger partial charge in [0.2, 0.25) is 5.91 Å². The lowest BCUT2D eigenvalue weighted by Crippen LogP contribution is -2.48. The number of rotatable bonds is 6. The molecule has 1 aliphatic heterocycles. The van der Waals surface area contributed by atoms with Gasteiger partial charge in [0.05, 0.1) is 30.9 Å². The molecular formula is C22H25N3O3S. The number of nitrogens with zero attached hydrogens (tertiary/aromatic N) is 2. The van der Waals surface area contributed by atoms with Gasteiger partial charge in [-0.2, -0.15) is 0 Å². The zero-order valence-corrected chi connectivity index (χ0v) is 17.5. The number of methoxy groups -OCH3 is 2. The van der Waals surface area contributed by atoms with Gasteiger partial charge in [-0.25, -0.2) is 4.98 Å². The summed E-state index contributed by atoms with van der Waals surface area (Å²) in [6, 6.07) is 13.8. The van der Waals surface area contributed by atoms with Crippen LogP contribution in [-0.4, -0.2) is 44.2 Å². The highest BCUT2D eigenvalue weighted by atomic mass is 32.1. The van der Waals surface area contributed by atoms with E-state index in [1.807, 2.05) is 36.4 Å². The third-order valence-corrected chi connectivity index (χ3v) is 6.28. The number of aromatic nitrogens is 1. The number of anilines is 1. The lowest BCUT2D eigenvalue weighted by atomic mass is 10.0. The van der Waals surface area contributed by atoms with E-state index in [-0.39, 0.29) is 18.4 Å². The van der Waals surface area contributed by atoms with Crippen LogP contribution in [0.2, 0.25) is 0 Å². The summed E-state index contributed by atoms with van der Waals surface area (Å²) in [6.45, 7) is 1.75. The Bertz CT molecular complexity index is 971. The summed E-state index contributed by atoms with van der Waals surface area (Å²) < 4.78 is 11.9. The molecule has 1 N–H and O–H groups in total. The number of hydrogen-bond acceptors (Lipinski definition) is 6. The van der Waals surface area contributed by atoms with Crippen LogP contribution >= 0.6 is 11.3 Å². The fourth-order valence-corrected chi connectivity index (χ4v) is 4.74. The highest BCUT2D eigenvalue weighted by molar-refractivity contribution is 7.22. The highest BCUT2D eigenvalue weighted by Gasteiger charge is 2.24. The summed E-state index contributed by atoms with van der Waals surface area (Å²) >= 11 is 1.71. The largest absolute Gasteiger partial charge is 0.497 e. The quantitative estimate of drug-likeness (QED) is 0.671. The van der Waals surface area contributed by atoms with Crippen molar-refractivity contribution in [1.82, 2.24) is 10.3 Å². The van der Waals surface area contributed by atoms with Gasteiger partial charge >= 0.3 is 0 Å². The van der Waals surface area contributed by atoms with E-state index in [2.05, 4.69) is 16.3 Å². The Morgan fingerprint density at radius 2 is 2.10 bits per heavy atom. The van der Waals surface area contributed by atoms with E-state index in [1.54, 1.807) is 25.6 Å². The summed E-state index contributed by atoms with van der Waals surface area (Å²) in [5.74, 6) is 1.40. The predicted octanol–water partition coefficient (Wildman–Crippen LogP) is 3.64. The molecule has 2 aromatic carbocycles. The molecule has 1 amide bonds. The Labute approximate surface area is 174 Å². The lowest BCUT2D eigenvalue weighted by molar-refractivity contribution is -0.121. The number of piperidine rings is 1. The number of thiazole rings is 1. The Morgan fingerprint density at radius 3 is 2.90 bits per heavy atom. The van der Waals surface area contributed by atoms with Crippen molar-refractivity contribution in [2.24, 2.45) is 0 Å². The van der Waals surface area contributed by atoms with Crippen LogP contribution < -0.4 is 19.7 Å². The van der Waals surface area contributed by atoms with Crippen molar-refractivity contribution < 1.29 is 14.3 Å². The molecule has 6 nitrogen and oxygen atoms in total. The number of carbonyl (C=O) groups excluding carboxylic acids is 1. The van der Waals surface area contributed by atoms with E-state index in [1.165, 1.54) is 4.70 Å². The molecular weight excluding hydrogens is 386 g/mol. The second kappa shape index (κ2) is 8.69. The molecule has 0 saturated carbocycles. The summed E-state index contributed by atoms with van der Waals surface area (Å²) in [5, 5.41) is 4.22. The van der Waals surface area contributed by atoms with E-state index >= 15 is 0 Å². The molecule has 29 heavy (non-hydrogen) atoms. The monoisotopic (exact) mass is 411 g/mol. The molecule has 1 aromatic heterocycles. The number of fused-ring (bicyclic) bond motifs is 1. The zero-order valence-electron chi connectivity index (χ0n) is 16.7. The van der Waals surface area contributed by atoms with Crippen LogP contribution in [-0.2, 0) is 11.2 Å². The number of benzene rings is 2. The van der Waals surface area contributed by atoms with Gasteiger partial charge in [0.15, 0.2) is 5.13 Å². The minimum Gasteiger partial charge on any atom is -0.497 e. The maximum atomic E-state index is 12.7. The molecule has 0 spiro atoms. The molecule has 3 aromatic rings. The molecule has 0 unspecified atom stereocenters. The van der Waals surface area contributed by atoms with Crippen LogP contribution in [0.25, 0.3) is 10.2 Å². The van der Waals surface area contributed by atoms with Crippen molar-refractivity contribution in [3.63, 3.8) is 0 Å². The third-order valence-electron chi connectivity index (χ3n) is 5.18. The van der Waals surface area contributed by atoms with Crippen molar-refractivity contribution in [2.45, 2.75) is 25.3 Å². The number of para-hydroxylation sites is 1. The number of amides is 1. The van der Waals surface area contributed by atoms with Crippen molar-refractivity contribution in [1.29, 1.82) is 0 Å². The number of ether oxygens (including phenoxy) is 2. The highest BCUT2D eigenvalue weighted by Crippen LogP contribution is 2.30. The van der Waals surface area contributed by atoms with Crippen LogP contribution in [0.15, 0.2) is 42.5 Å². The topological polar surface area (TPSA) is 63.7 Å². The van der Waals surface area contributed by atoms with Crippen LogP contribution in [0, 0.1) is 0 Å². The lowest BCUT2D eigenvalue weighted by Gasteiger charge is -2.33. The minimum atomic E-state index is -0.00676. The van der Waals surface area contributed by atoms with Gasteiger partial charge in [0.25, 0.3) is 0 Å². The molecule has 7 heteroatoms. The summed E-state index contributed by atoms with van der Waals surface area (Å²) in [5.41, 5.74) is 1.85. The Kier molecular flexibility index (Phi) is 5.85. The molecule has 4 rings (SSSR count). The summed E-state index contributed by atoms with van der Waals surface area (Å²) in [4.78, 5) is 19.7. The first-order valence-electron chi connectivity index (χ1n) is 9.77. The minimum absolute atomic E-state index is 0.00676. The first kappa shape index (κ1) is 19.5. The Balaban J connectivity index is 1.41. The molecule has 152 valence electrons. The fourth-order valence-electron chi connectivity index (χ4n) is 3.74. The maximum absolute atomic E-state index is 12.7. The van der Waals surface area contributed by atoms with Crippen LogP contribution in [0.1, 0.15) is 18.4 Å². The van der Waals surface area contributed by atoms with E-state index in [0.717, 1.165) is 42.1 Å². The van der Waals surface area contributed by atoms with Crippen LogP contribution in [0.5, 0.6) is 11.5 Å². The summed E-state index contributed by atoms with van der Waals surface area (Å²) in [7, 11) is 3.23. The van der Waals surface area contributed by atoms with Crippen LogP contribution in [0.4, 0.5) is 5.13 Å². The van der Waals surface area contributed by atoms with Gasteiger partial charge < -0.3 is 19.7 Å². The Hall–Kier alpha value is -2.80. The molecule has 0 radical (unpaired) electrons. The van der Waals surface area contributed by atoms with Gasteiger partial charge in [-0.1, -0.05) is 23.5 Å². The molecule has 1 saturated heterocycles. The van der Waals surface area contributed by atoms with Crippen molar-refractivity contribution in [2.75, 3.05) is 32.2 Å². The summed E-state index contributed by atoms with van der Waals surface area (Å²) in [6.07, 6.45) is 2.27. The number of nitrogens with one attached hydrogen (secondary N) is 1. The van der Waals surface area contributed by atoms with Gasteiger partial charge in [-0.15, -0.1) is 0 Å². The second-order valence-electron chi connectivity index (χ2n) is 7.17. The zero-order chi connectivity index (χ0) is 20.2.